The van der Waals surface area contributed by atoms with E-state index in [9.17, 15) is 9.59 Å². The number of amides is 1. The number of carboxylic acid groups (broad SMARTS) is 1. The lowest BCUT2D eigenvalue weighted by Crippen LogP contribution is -2.14. The summed E-state index contributed by atoms with van der Waals surface area (Å²) in [7, 11) is 0. The maximum Gasteiger partial charge on any atom is 0.337 e. The Hall–Kier alpha value is -3.39. The summed E-state index contributed by atoms with van der Waals surface area (Å²) in [5.74, 6) is -0.173. The number of aromatic nitrogens is 1. The molecule has 0 spiro atoms. The molecule has 2 heterocycles. The van der Waals surface area contributed by atoms with E-state index >= 15 is 0 Å². The monoisotopic (exact) mass is 426 g/mol. The Kier molecular flexibility index (Phi) is 7.03. The van der Waals surface area contributed by atoms with E-state index < -0.39 is 11.9 Å². The highest BCUT2D eigenvalue weighted by Crippen LogP contribution is 2.25. The predicted molar refractivity (Wildman–Crippen MR) is 115 cm³/mol. The predicted octanol–water partition coefficient (Wildman–Crippen LogP) is 4.50. The maximum atomic E-state index is 12.7. The Morgan fingerprint density at radius 2 is 1.93 bits per heavy atom. The number of hydrogen-bond acceptors (Lipinski definition) is 6. The third-order valence-electron chi connectivity index (χ3n) is 3.96. The number of anilines is 1. The van der Waals surface area contributed by atoms with Crippen LogP contribution in [0.2, 0.25) is 0 Å². The molecule has 1 aromatic carbocycles. The van der Waals surface area contributed by atoms with Crippen molar-refractivity contribution < 1.29 is 24.2 Å². The van der Waals surface area contributed by atoms with Crippen LogP contribution in [0.4, 0.5) is 5.82 Å². The van der Waals surface area contributed by atoms with Crippen molar-refractivity contribution in [3.63, 3.8) is 0 Å². The molecule has 156 valence electrons. The zero-order valence-corrected chi connectivity index (χ0v) is 17.4. The number of ether oxygens (including phenoxy) is 2. The molecule has 2 N–H and O–H groups in total. The number of rotatable bonds is 9. The average molecular weight is 426 g/mol. The number of carboxylic acids is 1. The van der Waals surface area contributed by atoms with Crippen LogP contribution in [0, 0.1) is 0 Å². The van der Waals surface area contributed by atoms with Gasteiger partial charge in [-0.1, -0.05) is 6.07 Å². The molecule has 8 heteroatoms. The van der Waals surface area contributed by atoms with Gasteiger partial charge in [-0.2, -0.15) is 0 Å². The fraction of sp³-hybridized carbons (Fsp3) is 0.227. The number of nitrogens with zero attached hydrogens (tertiary/aromatic N) is 1. The van der Waals surface area contributed by atoms with E-state index in [0.29, 0.717) is 23.7 Å². The minimum Gasteiger partial charge on any atom is -0.493 e. The summed E-state index contributed by atoms with van der Waals surface area (Å²) >= 11 is 1.67. The van der Waals surface area contributed by atoms with Gasteiger partial charge >= 0.3 is 5.97 Å². The number of thiophene rings is 1. The van der Waals surface area contributed by atoms with Crippen molar-refractivity contribution in [2.45, 2.75) is 26.4 Å². The number of carbonyl (C=O) groups excluding carboxylic acids is 1. The van der Waals surface area contributed by atoms with Crippen molar-refractivity contribution in [3.05, 3.63) is 70.0 Å². The largest absolute Gasteiger partial charge is 0.493 e. The van der Waals surface area contributed by atoms with Crippen LogP contribution in [-0.4, -0.2) is 34.7 Å². The highest BCUT2D eigenvalue weighted by Gasteiger charge is 2.13. The first-order chi connectivity index (χ1) is 14.4. The highest BCUT2D eigenvalue weighted by molar-refractivity contribution is 7.09. The van der Waals surface area contributed by atoms with Crippen molar-refractivity contribution in [1.82, 2.24) is 4.98 Å². The first kappa shape index (κ1) is 21.3. The van der Waals surface area contributed by atoms with E-state index in [1.165, 1.54) is 23.2 Å². The molecule has 3 rings (SSSR count). The minimum absolute atomic E-state index is 0.0433. The van der Waals surface area contributed by atoms with Gasteiger partial charge in [0.05, 0.1) is 18.3 Å². The Morgan fingerprint density at radius 1 is 1.13 bits per heavy atom. The Bertz CT molecular complexity index is 1000. The molecule has 0 saturated heterocycles. The van der Waals surface area contributed by atoms with Crippen molar-refractivity contribution in [3.8, 4) is 11.5 Å². The van der Waals surface area contributed by atoms with E-state index in [4.69, 9.17) is 14.6 Å². The zero-order valence-electron chi connectivity index (χ0n) is 16.6. The summed E-state index contributed by atoms with van der Waals surface area (Å²) in [6.45, 7) is 4.28. The van der Waals surface area contributed by atoms with E-state index in [1.807, 2.05) is 31.4 Å². The lowest BCUT2D eigenvalue weighted by atomic mass is 10.2. The van der Waals surface area contributed by atoms with E-state index in [0.717, 1.165) is 6.42 Å². The SMILES string of the molecule is CC(C)Oc1cc(OCCc2cccs2)cc(C(=O)Nc2ccc(C(=O)O)cn2)c1. The van der Waals surface area contributed by atoms with Crippen LogP contribution in [0.15, 0.2) is 54.0 Å². The molecule has 0 bridgehead atoms. The number of benzene rings is 1. The van der Waals surface area contributed by atoms with Crippen LogP contribution in [0.25, 0.3) is 0 Å². The van der Waals surface area contributed by atoms with Crippen molar-refractivity contribution >= 4 is 29.0 Å². The molecule has 0 atom stereocenters. The summed E-state index contributed by atoms with van der Waals surface area (Å²) in [6, 6.07) is 11.9. The molecule has 0 saturated carbocycles. The third kappa shape index (κ3) is 6.05. The molecule has 1 amide bonds. The number of hydrogen-bond donors (Lipinski definition) is 2. The van der Waals surface area contributed by atoms with Crippen LogP contribution >= 0.6 is 11.3 Å². The molecule has 0 aliphatic rings. The van der Waals surface area contributed by atoms with Crippen LogP contribution in [0.3, 0.4) is 0 Å². The first-order valence-electron chi connectivity index (χ1n) is 9.38. The van der Waals surface area contributed by atoms with Gasteiger partial charge < -0.3 is 19.9 Å². The molecule has 0 radical (unpaired) electrons. The molecular formula is C22H22N2O5S. The molecule has 7 nitrogen and oxygen atoms in total. The van der Waals surface area contributed by atoms with Crippen molar-refractivity contribution in [1.29, 1.82) is 0 Å². The smallest absolute Gasteiger partial charge is 0.337 e. The molecule has 0 unspecified atom stereocenters. The minimum atomic E-state index is -1.08. The Balaban J connectivity index is 1.73. The van der Waals surface area contributed by atoms with Gasteiger partial charge in [-0.3, -0.25) is 4.79 Å². The maximum absolute atomic E-state index is 12.7. The Morgan fingerprint density at radius 3 is 2.57 bits per heavy atom. The normalized spacial score (nSPS) is 10.6. The van der Waals surface area contributed by atoms with Crippen molar-refractivity contribution in [2.24, 2.45) is 0 Å². The van der Waals surface area contributed by atoms with E-state index in [-0.39, 0.29) is 17.5 Å². The standard InChI is InChI=1S/C22H22N2O5S/c1-14(2)29-18-11-16(10-17(12-18)28-8-7-19-4-3-9-30-19)21(25)24-20-6-5-15(13-23-20)22(26)27/h3-6,9-14H,7-8H2,1-2H3,(H,26,27)(H,23,24,25). The Labute approximate surface area is 178 Å². The quantitative estimate of drug-likeness (QED) is 0.523. The zero-order chi connectivity index (χ0) is 21.5. The first-order valence-corrected chi connectivity index (χ1v) is 10.3. The molecule has 0 aliphatic carbocycles. The molecule has 2 aromatic heterocycles. The fourth-order valence-corrected chi connectivity index (χ4v) is 3.32. The molecule has 0 fully saturated rings. The van der Waals surface area contributed by atoms with Gasteiger partial charge in [0.1, 0.15) is 17.3 Å². The van der Waals surface area contributed by atoms with Gasteiger partial charge in [0, 0.05) is 29.1 Å². The van der Waals surface area contributed by atoms with Gasteiger partial charge in [0.2, 0.25) is 0 Å². The van der Waals surface area contributed by atoms with Crippen LogP contribution < -0.4 is 14.8 Å². The molecule has 0 aliphatic heterocycles. The molecule has 3 aromatic rings. The summed E-state index contributed by atoms with van der Waals surface area (Å²) < 4.78 is 11.6. The lowest BCUT2D eigenvalue weighted by molar-refractivity contribution is 0.0696. The summed E-state index contributed by atoms with van der Waals surface area (Å²) in [6.07, 6.45) is 1.90. The number of aromatic carboxylic acids is 1. The average Bonchev–Trinajstić information content (AvgIpc) is 3.21. The van der Waals surface area contributed by atoms with Gasteiger partial charge in [0.15, 0.2) is 0 Å². The van der Waals surface area contributed by atoms with Crippen LogP contribution in [-0.2, 0) is 6.42 Å². The summed E-state index contributed by atoms with van der Waals surface area (Å²) in [4.78, 5) is 28.8. The van der Waals surface area contributed by atoms with Crippen LogP contribution in [0.5, 0.6) is 11.5 Å². The molecule has 30 heavy (non-hydrogen) atoms. The van der Waals surface area contributed by atoms with Crippen LogP contribution in [0.1, 0.15) is 39.4 Å². The van der Waals surface area contributed by atoms with E-state index in [1.54, 1.807) is 29.5 Å². The summed E-state index contributed by atoms with van der Waals surface area (Å²) in [5, 5.41) is 13.6. The van der Waals surface area contributed by atoms with Gasteiger partial charge in [0.25, 0.3) is 5.91 Å². The second-order valence-corrected chi connectivity index (χ2v) is 7.76. The summed E-state index contributed by atoms with van der Waals surface area (Å²) in [5.41, 5.74) is 0.394. The van der Waals surface area contributed by atoms with Gasteiger partial charge in [-0.25, -0.2) is 9.78 Å². The second-order valence-electron chi connectivity index (χ2n) is 6.73. The number of nitrogens with one attached hydrogen (secondary N) is 1. The topological polar surface area (TPSA) is 97.8 Å². The fourth-order valence-electron chi connectivity index (χ4n) is 2.63. The lowest BCUT2D eigenvalue weighted by Gasteiger charge is -2.14. The number of pyridine rings is 1. The van der Waals surface area contributed by atoms with Gasteiger partial charge in [-0.05, 0) is 49.6 Å². The highest BCUT2D eigenvalue weighted by atomic mass is 32.1. The second kappa shape index (κ2) is 9.89. The van der Waals surface area contributed by atoms with Crippen molar-refractivity contribution in [2.75, 3.05) is 11.9 Å². The van der Waals surface area contributed by atoms with Gasteiger partial charge in [-0.15, -0.1) is 11.3 Å². The van der Waals surface area contributed by atoms with E-state index in [2.05, 4.69) is 10.3 Å². The molecular weight excluding hydrogens is 404 g/mol. The number of carbonyl (C=O) groups is 2. The third-order valence-corrected chi connectivity index (χ3v) is 4.90.